The fraction of sp³-hybridized carbons (Fsp3) is 0.591. The lowest BCUT2D eigenvalue weighted by Gasteiger charge is -2.37. The molecule has 2 atom stereocenters. The number of alkyl halides is 2. The van der Waals surface area contributed by atoms with Gasteiger partial charge in [0.25, 0.3) is 0 Å². The molecule has 0 aromatic heterocycles. The number of carbonyl (C=O) groups excluding carboxylic acids is 1. The Labute approximate surface area is 175 Å². The molecule has 1 aromatic carbocycles. The van der Waals surface area contributed by atoms with Gasteiger partial charge in [-0.15, -0.1) is 6.42 Å². The molecule has 0 saturated heterocycles. The summed E-state index contributed by atoms with van der Waals surface area (Å²) in [4.78, 5) is 13.1. The lowest BCUT2D eigenvalue weighted by molar-refractivity contribution is -0.162. The number of hydrogen-bond acceptors (Lipinski definition) is 3. The SMILES string of the molecule is C#CC(F)(F)C(O)C(C)(C)CCC(C)(C(=O)OC(C)(C)C)c1cccc(Br)c1. The van der Waals surface area contributed by atoms with Gasteiger partial charge in [-0.2, -0.15) is 8.78 Å². The van der Waals surface area contributed by atoms with E-state index >= 15 is 0 Å². The van der Waals surface area contributed by atoms with Crippen molar-refractivity contribution in [1.29, 1.82) is 0 Å². The number of esters is 1. The molecule has 0 radical (unpaired) electrons. The fourth-order valence-corrected chi connectivity index (χ4v) is 3.26. The summed E-state index contributed by atoms with van der Waals surface area (Å²) in [5.41, 5.74) is -2.30. The first-order chi connectivity index (χ1) is 12.5. The van der Waals surface area contributed by atoms with Crippen LogP contribution in [0.15, 0.2) is 28.7 Å². The number of ether oxygens (including phenoxy) is 1. The number of rotatable bonds is 7. The van der Waals surface area contributed by atoms with Gasteiger partial charge < -0.3 is 9.84 Å². The summed E-state index contributed by atoms with van der Waals surface area (Å²) < 4.78 is 34.1. The van der Waals surface area contributed by atoms with Crippen LogP contribution in [0.3, 0.4) is 0 Å². The summed E-state index contributed by atoms with van der Waals surface area (Å²) in [6.07, 6.45) is 3.17. The Balaban J connectivity index is 3.24. The zero-order valence-corrected chi connectivity index (χ0v) is 18.9. The molecule has 0 aliphatic rings. The monoisotopic (exact) mass is 458 g/mol. The highest BCUT2D eigenvalue weighted by Gasteiger charge is 2.48. The molecular formula is C22H29BrF2O3. The van der Waals surface area contributed by atoms with Crippen molar-refractivity contribution in [2.45, 2.75) is 77.4 Å². The van der Waals surface area contributed by atoms with E-state index in [2.05, 4.69) is 15.9 Å². The van der Waals surface area contributed by atoms with Gasteiger partial charge in [-0.3, -0.25) is 4.79 Å². The van der Waals surface area contributed by atoms with Gasteiger partial charge in [-0.05, 0) is 69.6 Å². The van der Waals surface area contributed by atoms with E-state index in [1.54, 1.807) is 39.8 Å². The van der Waals surface area contributed by atoms with Gasteiger partial charge in [0.2, 0.25) is 0 Å². The molecule has 3 nitrogen and oxygen atoms in total. The van der Waals surface area contributed by atoms with E-state index in [9.17, 15) is 18.7 Å². The number of carbonyl (C=O) groups is 1. The largest absolute Gasteiger partial charge is 0.459 e. The molecule has 0 fully saturated rings. The zero-order valence-electron chi connectivity index (χ0n) is 17.3. The van der Waals surface area contributed by atoms with Gasteiger partial charge in [0, 0.05) is 4.47 Å². The molecule has 1 aromatic rings. The van der Waals surface area contributed by atoms with Crippen LogP contribution >= 0.6 is 15.9 Å². The van der Waals surface area contributed by atoms with Gasteiger partial charge in [0.15, 0.2) is 0 Å². The topological polar surface area (TPSA) is 46.5 Å². The molecule has 0 bridgehead atoms. The van der Waals surface area contributed by atoms with Crippen molar-refractivity contribution < 1.29 is 23.4 Å². The Kier molecular flexibility index (Phi) is 7.47. The van der Waals surface area contributed by atoms with Crippen LogP contribution < -0.4 is 0 Å². The second kappa shape index (κ2) is 8.51. The van der Waals surface area contributed by atoms with E-state index in [-0.39, 0.29) is 12.8 Å². The van der Waals surface area contributed by atoms with E-state index in [0.29, 0.717) is 5.56 Å². The van der Waals surface area contributed by atoms with E-state index in [1.165, 1.54) is 19.8 Å². The third-order valence-corrected chi connectivity index (χ3v) is 5.35. The highest BCUT2D eigenvalue weighted by Crippen LogP contribution is 2.41. The average molecular weight is 459 g/mol. The molecular weight excluding hydrogens is 430 g/mol. The van der Waals surface area contributed by atoms with Crippen LogP contribution in [0.4, 0.5) is 8.78 Å². The number of hydrogen-bond donors (Lipinski definition) is 1. The Morgan fingerprint density at radius 2 is 1.79 bits per heavy atom. The van der Waals surface area contributed by atoms with Crippen LogP contribution in [-0.2, 0) is 14.9 Å². The first kappa shape index (κ1) is 24.6. The molecule has 0 aliphatic heterocycles. The molecule has 0 amide bonds. The molecule has 2 unspecified atom stereocenters. The molecule has 0 aliphatic carbocycles. The van der Waals surface area contributed by atoms with Crippen molar-refractivity contribution in [3.8, 4) is 12.3 Å². The van der Waals surface area contributed by atoms with Crippen LogP contribution in [0.2, 0.25) is 0 Å². The molecule has 1 N–H and O–H groups in total. The lowest BCUT2D eigenvalue weighted by atomic mass is 9.71. The van der Waals surface area contributed by atoms with Crippen molar-refractivity contribution in [3.05, 3.63) is 34.3 Å². The molecule has 28 heavy (non-hydrogen) atoms. The zero-order chi connectivity index (χ0) is 22.0. The van der Waals surface area contributed by atoms with Gasteiger partial charge >= 0.3 is 11.9 Å². The maximum Gasteiger partial charge on any atom is 0.333 e. The van der Waals surface area contributed by atoms with Crippen LogP contribution in [0.1, 0.15) is 59.9 Å². The summed E-state index contributed by atoms with van der Waals surface area (Å²) in [5.74, 6) is -2.75. The number of terminal acetylenes is 1. The fourth-order valence-electron chi connectivity index (χ4n) is 2.87. The van der Waals surface area contributed by atoms with Crippen LogP contribution in [0.25, 0.3) is 0 Å². The Morgan fingerprint density at radius 1 is 1.21 bits per heavy atom. The normalized spacial score (nSPS) is 16.0. The van der Waals surface area contributed by atoms with Crippen LogP contribution in [0, 0.1) is 17.8 Å². The van der Waals surface area contributed by atoms with Crippen molar-refractivity contribution in [3.63, 3.8) is 0 Å². The standard InChI is InChI=1S/C22H29BrF2O3/c1-8-22(24,25)17(26)20(5,6)12-13-21(7,18(27)28-19(2,3)4)15-10-9-11-16(23)14-15/h1,9-11,14,17,26H,12-13H2,2-7H3. The van der Waals surface area contributed by atoms with Gasteiger partial charge in [0.05, 0.1) is 5.41 Å². The Morgan fingerprint density at radius 3 is 2.25 bits per heavy atom. The van der Waals surface area contributed by atoms with E-state index < -0.39 is 34.4 Å². The maximum atomic E-state index is 13.8. The van der Waals surface area contributed by atoms with Gasteiger partial charge in [0.1, 0.15) is 11.7 Å². The number of halogens is 3. The number of benzene rings is 1. The van der Waals surface area contributed by atoms with E-state index in [4.69, 9.17) is 11.2 Å². The molecule has 1 rings (SSSR count). The number of aliphatic hydroxyl groups is 1. The first-order valence-electron chi connectivity index (χ1n) is 9.08. The van der Waals surface area contributed by atoms with Crippen LogP contribution in [-0.4, -0.2) is 28.7 Å². The van der Waals surface area contributed by atoms with Crippen molar-refractivity contribution >= 4 is 21.9 Å². The smallest absolute Gasteiger partial charge is 0.333 e. The summed E-state index contributed by atoms with van der Waals surface area (Å²) in [7, 11) is 0. The quantitative estimate of drug-likeness (QED) is 0.434. The molecule has 0 spiro atoms. The van der Waals surface area contributed by atoms with Gasteiger partial charge in [-0.25, -0.2) is 0 Å². The van der Waals surface area contributed by atoms with Gasteiger partial charge in [-0.1, -0.05) is 41.9 Å². The van der Waals surface area contributed by atoms with E-state index in [0.717, 1.165) is 4.47 Å². The minimum atomic E-state index is -3.65. The van der Waals surface area contributed by atoms with E-state index in [1.807, 2.05) is 12.1 Å². The van der Waals surface area contributed by atoms with Crippen molar-refractivity contribution in [2.24, 2.45) is 5.41 Å². The third kappa shape index (κ3) is 6.02. The summed E-state index contributed by atoms with van der Waals surface area (Å²) in [6.45, 7) is 10.1. The first-order valence-corrected chi connectivity index (χ1v) is 9.88. The number of aliphatic hydroxyl groups excluding tert-OH is 1. The highest BCUT2D eigenvalue weighted by molar-refractivity contribution is 9.10. The van der Waals surface area contributed by atoms with Crippen molar-refractivity contribution in [1.82, 2.24) is 0 Å². The summed E-state index contributed by atoms with van der Waals surface area (Å²) >= 11 is 3.40. The lowest BCUT2D eigenvalue weighted by Crippen LogP contribution is -2.45. The average Bonchev–Trinajstić information content (AvgIpc) is 2.57. The maximum absolute atomic E-state index is 13.8. The minimum absolute atomic E-state index is 0.133. The highest BCUT2D eigenvalue weighted by atomic mass is 79.9. The molecule has 156 valence electrons. The second-order valence-electron chi connectivity index (χ2n) is 9.00. The second-order valence-corrected chi connectivity index (χ2v) is 9.92. The van der Waals surface area contributed by atoms with Crippen molar-refractivity contribution in [2.75, 3.05) is 0 Å². The molecule has 6 heteroatoms. The molecule has 0 heterocycles. The van der Waals surface area contributed by atoms with Crippen LogP contribution in [0.5, 0.6) is 0 Å². The minimum Gasteiger partial charge on any atom is -0.459 e. The Hall–Kier alpha value is -1.45. The molecule has 0 saturated carbocycles. The predicted molar refractivity (Wildman–Crippen MR) is 110 cm³/mol. The summed E-state index contributed by atoms with van der Waals surface area (Å²) in [6, 6.07) is 7.24. The third-order valence-electron chi connectivity index (χ3n) is 4.86. The predicted octanol–water partition coefficient (Wildman–Crippen LogP) is 5.48. The summed E-state index contributed by atoms with van der Waals surface area (Å²) in [5, 5.41) is 10.1. The Bertz CT molecular complexity index is 747.